The summed E-state index contributed by atoms with van der Waals surface area (Å²) in [5, 5.41) is 5.01. The predicted octanol–water partition coefficient (Wildman–Crippen LogP) is 8.69. The van der Waals surface area contributed by atoms with E-state index in [1.54, 1.807) is 0 Å². The molecule has 0 aliphatic rings. The molecule has 0 amide bonds. The number of rotatable bonds is 6. The van der Waals surface area contributed by atoms with E-state index in [4.69, 9.17) is 10.1 Å². The maximum absolute atomic E-state index is 5.01. The van der Waals surface area contributed by atoms with Gasteiger partial charge in [-0.2, -0.15) is 0 Å². The van der Waals surface area contributed by atoms with Crippen LogP contribution in [0.5, 0.6) is 0 Å². The van der Waals surface area contributed by atoms with Gasteiger partial charge in [-0.3, -0.25) is 0 Å². The Morgan fingerprint density at radius 1 is 0.553 bits per heavy atom. The fourth-order valence-electron chi connectivity index (χ4n) is 4.80. The largest absolute Gasteiger partial charge is 0.310 e. The first-order chi connectivity index (χ1) is 18.7. The van der Waals surface area contributed by atoms with Crippen molar-refractivity contribution in [1.82, 2.24) is 14.8 Å². The van der Waals surface area contributed by atoms with E-state index in [1.807, 2.05) is 65.3 Å². The molecule has 0 radical (unpaired) electrons. The highest BCUT2D eigenvalue weighted by molar-refractivity contribution is 5.80. The van der Waals surface area contributed by atoms with Gasteiger partial charge in [0.15, 0.2) is 11.6 Å². The molecule has 4 nitrogen and oxygen atoms in total. The summed E-state index contributed by atoms with van der Waals surface area (Å²) in [6, 6.07) is 45.9. The number of aryl methyl sites for hydroxylation is 2. The Bertz CT molecular complexity index is 1620. The zero-order valence-corrected chi connectivity index (χ0v) is 21.5. The van der Waals surface area contributed by atoms with E-state index in [0.29, 0.717) is 5.82 Å². The Morgan fingerprint density at radius 3 is 1.61 bits per heavy atom. The minimum Gasteiger partial charge on any atom is -0.310 e. The van der Waals surface area contributed by atoms with E-state index >= 15 is 0 Å². The van der Waals surface area contributed by atoms with Gasteiger partial charge in [-0.05, 0) is 61.4 Å². The molecular weight excluding hydrogens is 464 g/mol. The lowest BCUT2D eigenvalue weighted by molar-refractivity contribution is 0.880. The van der Waals surface area contributed by atoms with Gasteiger partial charge in [-0.15, -0.1) is 5.10 Å². The van der Waals surface area contributed by atoms with Crippen LogP contribution in [0.4, 0.5) is 17.1 Å². The molecule has 1 aromatic heterocycles. The molecule has 0 aliphatic heterocycles. The highest BCUT2D eigenvalue weighted by Gasteiger charge is 2.20. The molecule has 0 unspecified atom stereocenters. The van der Waals surface area contributed by atoms with Crippen LogP contribution in [-0.2, 0) is 0 Å². The van der Waals surface area contributed by atoms with E-state index in [0.717, 1.165) is 50.8 Å². The summed E-state index contributed by atoms with van der Waals surface area (Å²) in [6.45, 7) is 4.31. The Morgan fingerprint density at radius 2 is 1.05 bits per heavy atom. The lowest BCUT2D eigenvalue weighted by Crippen LogP contribution is -2.12. The average Bonchev–Trinajstić information content (AvgIpc) is 3.42. The summed E-state index contributed by atoms with van der Waals surface area (Å²) >= 11 is 0. The van der Waals surface area contributed by atoms with E-state index in [-0.39, 0.29) is 0 Å². The van der Waals surface area contributed by atoms with Crippen molar-refractivity contribution in [2.24, 2.45) is 0 Å². The van der Waals surface area contributed by atoms with Gasteiger partial charge < -0.3 is 4.90 Å². The van der Waals surface area contributed by atoms with Gasteiger partial charge in [-0.25, -0.2) is 9.67 Å². The van der Waals surface area contributed by atoms with Gasteiger partial charge in [-0.1, -0.05) is 97.1 Å². The Kier molecular flexibility index (Phi) is 6.29. The molecule has 0 spiro atoms. The van der Waals surface area contributed by atoms with Gasteiger partial charge in [0.05, 0.1) is 5.69 Å². The van der Waals surface area contributed by atoms with Crippen LogP contribution in [-0.4, -0.2) is 14.8 Å². The molecule has 184 valence electrons. The number of anilines is 3. The van der Waals surface area contributed by atoms with Crippen LogP contribution in [0.3, 0.4) is 0 Å². The smallest absolute Gasteiger partial charge is 0.182 e. The van der Waals surface area contributed by atoms with Crippen LogP contribution in [0.15, 0.2) is 133 Å². The SMILES string of the molecule is Cc1cc(-n2nc(-c3ccccc3)nc2-c2ccccc2)c(C)cc1N(c1ccccc1)c1ccccc1. The number of para-hydroxylation sites is 2. The summed E-state index contributed by atoms with van der Waals surface area (Å²) < 4.78 is 1.99. The minimum absolute atomic E-state index is 0.709. The quantitative estimate of drug-likeness (QED) is 0.233. The number of hydrogen-bond acceptors (Lipinski definition) is 3. The fraction of sp³-hybridized carbons (Fsp3) is 0.0588. The number of nitrogens with zero attached hydrogens (tertiary/aromatic N) is 4. The van der Waals surface area contributed by atoms with E-state index in [1.165, 1.54) is 0 Å². The van der Waals surface area contributed by atoms with Gasteiger partial charge in [0, 0.05) is 28.2 Å². The van der Waals surface area contributed by atoms with Crippen molar-refractivity contribution >= 4 is 17.1 Å². The summed E-state index contributed by atoms with van der Waals surface area (Å²) in [6.07, 6.45) is 0. The zero-order chi connectivity index (χ0) is 25.9. The third-order valence-electron chi connectivity index (χ3n) is 6.68. The second-order valence-corrected chi connectivity index (χ2v) is 9.33. The van der Waals surface area contributed by atoms with Gasteiger partial charge in [0.1, 0.15) is 0 Å². The van der Waals surface area contributed by atoms with Crippen LogP contribution < -0.4 is 4.90 Å². The van der Waals surface area contributed by atoms with Crippen molar-refractivity contribution in [3.05, 3.63) is 145 Å². The summed E-state index contributed by atoms with van der Waals surface area (Å²) in [5.41, 5.74) is 8.66. The van der Waals surface area contributed by atoms with Crippen molar-refractivity contribution in [1.29, 1.82) is 0 Å². The fourth-order valence-corrected chi connectivity index (χ4v) is 4.80. The molecule has 0 aliphatic carbocycles. The maximum Gasteiger partial charge on any atom is 0.182 e. The van der Waals surface area contributed by atoms with E-state index in [2.05, 4.69) is 91.5 Å². The van der Waals surface area contributed by atoms with E-state index < -0.39 is 0 Å². The van der Waals surface area contributed by atoms with Gasteiger partial charge in [0.25, 0.3) is 0 Å². The summed E-state index contributed by atoms with van der Waals surface area (Å²) in [7, 11) is 0. The van der Waals surface area contributed by atoms with Crippen LogP contribution >= 0.6 is 0 Å². The van der Waals surface area contributed by atoms with Gasteiger partial charge in [0.2, 0.25) is 0 Å². The van der Waals surface area contributed by atoms with Crippen LogP contribution in [0.1, 0.15) is 11.1 Å². The first-order valence-electron chi connectivity index (χ1n) is 12.8. The molecule has 4 heteroatoms. The lowest BCUT2D eigenvalue weighted by Gasteiger charge is -2.28. The molecule has 5 aromatic carbocycles. The lowest BCUT2D eigenvalue weighted by atomic mass is 10.1. The number of benzene rings is 5. The van der Waals surface area contributed by atoms with Crippen molar-refractivity contribution in [3.8, 4) is 28.5 Å². The topological polar surface area (TPSA) is 34.0 Å². The monoisotopic (exact) mass is 492 g/mol. The summed E-state index contributed by atoms with van der Waals surface area (Å²) in [5.74, 6) is 1.53. The molecule has 0 atom stereocenters. The van der Waals surface area contributed by atoms with Crippen LogP contribution in [0, 0.1) is 13.8 Å². The number of hydrogen-bond donors (Lipinski definition) is 0. The molecule has 38 heavy (non-hydrogen) atoms. The standard InChI is InChI=1S/C34H28N4/c1-25-24-32(26(2)23-31(25)37(29-19-11-5-12-20-29)30-21-13-6-14-22-30)38-34(28-17-9-4-10-18-28)35-33(36-38)27-15-7-3-8-16-27/h3-24H,1-2H3. The third kappa shape index (κ3) is 4.48. The highest BCUT2D eigenvalue weighted by Crippen LogP contribution is 2.38. The third-order valence-corrected chi connectivity index (χ3v) is 6.68. The molecule has 0 saturated heterocycles. The molecule has 0 bridgehead atoms. The average molecular weight is 493 g/mol. The second-order valence-electron chi connectivity index (χ2n) is 9.33. The molecule has 0 saturated carbocycles. The molecule has 6 aromatic rings. The predicted molar refractivity (Wildman–Crippen MR) is 156 cm³/mol. The Balaban J connectivity index is 1.52. The van der Waals surface area contributed by atoms with Crippen molar-refractivity contribution in [2.75, 3.05) is 4.90 Å². The molecule has 6 rings (SSSR count). The van der Waals surface area contributed by atoms with E-state index in [9.17, 15) is 0 Å². The second kappa shape index (κ2) is 10.2. The van der Waals surface area contributed by atoms with Crippen molar-refractivity contribution in [3.63, 3.8) is 0 Å². The highest BCUT2D eigenvalue weighted by atomic mass is 15.4. The molecule has 0 fully saturated rings. The Hall–Kier alpha value is -4.96. The van der Waals surface area contributed by atoms with Crippen LogP contribution in [0.2, 0.25) is 0 Å². The first kappa shape index (κ1) is 23.4. The zero-order valence-electron chi connectivity index (χ0n) is 21.5. The molecular formula is C34H28N4. The van der Waals surface area contributed by atoms with Crippen molar-refractivity contribution in [2.45, 2.75) is 13.8 Å². The molecule has 0 N–H and O–H groups in total. The van der Waals surface area contributed by atoms with Crippen molar-refractivity contribution < 1.29 is 0 Å². The normalized spacial score (nSPS) is 10.9. The minimum atomic E-state index is 0.709. The van der Waals surface area contributed by atoms with Gasteiger partial charge >= 0.3 is 0 Å². The maximum atomic E-state index is 5.01. The number of aromatic nitrogens is 3. The van der Waals surface area contributed by atoms with Crippen LogP contribution in [0.25, 0.3) is 28.5 Å². The Labute approximate surface area is 223 Å². The first-order valence-corrected chi connectivity index (χ1v) is 12.8. The molecule has 1 heterocycles. The summed E-state index contributed by atoms with van der Waals surface area (Å²) in [4.78, 5) is 7.30.